The highest BCUT2D eigenvalue weighted by molar-refractivity contribution is 7.80. The molecule has 0 aliphatic heterocycles. The Morgan fingerprint density at radius 3 is 2.25 bits per heavy atom. The summed E-state index contributed by atoms with van der Waals surface area (Å²) in [6.07, 6.45) is 0. The van der Waals surface area contributed by atoms with Gasteiger partial charge in [-0.3, -0.25) is 25.8 Å². The van der Waals surface area contributed by atoms with Gasteiger partial charge in [-0.2, -0.15) is 0 Å². The van der Waals surface area contributed by atoms with E-state index in [4.69, 9.17) is 21.7 Å². The van der Waals surface area contributed by atoms with E-state index in [1.54, 1.807) is 6.92 Å². The van der Waals surface area contributed by atoms with E-state index in [1.165, 1.54) is 55.6 Å². The maximum Gasteiger partial charge on any atom is 0.338 e. The Morgan fingerprint density at radius 1 is 0.906 bits per heavy atom. The number of thiocarbonyl (C=S) groups is 1. The van der Waals surface area contributed by atoms with Crippen LogP contribution in [-0.4, -0.2) is 49.2 Å². The molecule has 0 saturated carbocycles. The molecule has 11 heteroatoms. The molecule has 0 bridgehead atoms. The van der Waals surface area contributed by atoms with E-state index >= 15 is 0 Å². The zero-order chi connectivity index (χ0) is 23.5. The lowest BCUT2D eigenvalue weighted by atomic mass is 10.1. The Kier molecular flexibility index (Phi) is 9.11. The Labute approximate surface area is 189 Å². The third-order valence-corrected chi connectivity index (χ3v) is 4.03. The van der Waals surface area contributed by atoms with E-state index in [0.717, 1.165) is 0 Å². The van der Waals surface area contributed by atoms with Crippen molar-refractivity contribution in [3.05, 3.63) is 65.2 Å². The number of benzene rings is 2. The van der Waals surface area contributed by atoms with Gasteiger partial charge in [0.2, 0.25) is 0 Å². The first-order chi connectivity index (χ1) is 15.3. The largest absolute Gasteiger partial charge is 0.484 e. The summed E-state index contributed by atoms with van der Waals surface area (Å²) in [5.74, 6) is -1.81. The maximum absolute atomic E-state index is 12.2. The lowest BCUT2D eigenvalue weighted by Gasteiger charge is -2.12. The summed E-state index contributed by atoms with van der Waals surface area (Å²) in [6, 6.07) is 12.0. The SMILES string of the molecule is CCOC(=O)c1ccc(OCC(=O)NNC(=S)NC(=O)c2cccc(C(=O)OC)c2)cc1. The van der Waals surface area contributed by atoms with Crippen molar-refractivity contribution in [3.63, 3.8) is 0 Å². The van der Waals surface area contributed by atoms with Crippen molar-refractivity contribution in [2.24, 2.45) is 0 Å². The van der Waals surface area contributed by atoms with Gasteiger partial charge in [0.05, 0.1) is 24.8 Å². The van der Waals surface area contributed by atoms with Crippen LogP contribution < -0.4 is 20.9 Å². The van der Waals surface area contributed by atoms with Crippen LogP contribution in [0.5, 0.6) is 5.75 Å². The fourth-order valence-electron chi connectivity index (χ4n) is 2.32. The number of hydrazine groups is 1. The maximum atomic E-state index is 12.2. The summed E-state index contributed by atoms with van der Waals surface area (Å²) in [7, 11) is 1.24. The van der Waals surface area contributed by atoms with E-state index in [-0.39, 0.29) is 29.5 Å². The van der Waals surface area contributed by atoms with Gasteiger partial charge in [0.1, 0.15) is 5.75 Å². The topological polar surface area (TPSA) is 132 Å². The van der Waals surface area contributed by atoms with Crippen LogP contribution in [0.3, 0.4) is 0 Å². The van der Waals surface area contributed by atoms with Crippen molar-refractivity contribution in [1.29, 1.82) is 0 Å². The van der Waals surface area contributed by atoms with Crippen LogP contribution >= 0.6 is 12.2 Å². The van der Waals surface area contributed by atoms with Gasteiger partial charge in [0.15, 0.2) is 11.7 Å². The fourth-order valence-corrected chi connectivity index (χ4v) is 2.47. The molecule has 2 aromatic rings. The molecular formula is C21H21N3O7S. The zero-order valence-corrected chi connectivity index (χ0v) is 18.1. The van der Waals surface area contributed by atoms with Gasteiger partial charge in [0.25, 0.3) is 11.8 Å². The molecule has 0 heterocycles. The molecule has 2 aromatic carbocycles. The highest BCUT2D eigenvalue weighted by atomic mass is 32.1. The molecule has 0 atom stereocenters. The Balaban J connectivity index is 1.77. The second-order valence-corrected chi connectivity index (χ2v) is 6.47. The standard InChI is InChI=1S/C21H21N3O7S/c1-3-30-20(28)13-7-9-16(10-8-13)31-12-17(25)23-24-21(32)22-18(26)14-5-4-6-15(11-14)19(27)29-2/h4-11H,3,12H2,1-2H3,(H,23,25)(H2,22,24,26,32). The number of carbonyl (C=O) groups excluding carboxylic acids is 4. The molecule has 0 fully saturated rings. The summed E-state index contributed by atoms with van der Waals surface area (Å²) in [4.78, 5) is 47.3. The molecule has 10 nitrogen and oxygen atoms in total. The van der Waals surface area contributed by atoms with Crippen LogP contribution in [0.15, 0.2) is 48.5 Å². The predicted molar refractivity (Wildman–Crippen MR) is 117 cm³/mol. The average Bonchev–Trinajstić information content (AvgIpc) is 2.81. The first-order valence-corrected chi connectivity index (χ1v) is 9.73. The monoisotopic (exact) mass is 459 g/mol. The van der Waals surface area contributed by atoms with Crippen LogP contribution in [0.2, 0.25) is 0 Å². The number of carbonyl (C=O) groups is 4. The molecule has 168 valence electrons. The van der Waals surface area contributed by atoms with Gasteiger partial charge in [-0.05, 0) is 61.6 Å². The summed E-state index contributed by atoms with van der Waals surface area (Å²) >= 11 is 4.96. The van der Waals surface area contributed by atoms with E-state index in [0.29, 0.717) is 11.3 Å². The van der Waals surface area contributed by atoms with Gasteiger partial charge < -0.3 is 14.2 Å². The van der Waals surface area contributed by atoms with Gasteiger partial charge >= 0.3 is 11.9 Å². The van der Waals surface area contributed by atoms with E-state index in [9.17, 15) is 19.2 Å². The van der Waals surface area contributed by atoms with Gasteiger partial charge in [-0.1, -0.05) is 6.07 Å². The molecule has 0 saturated heterocycles. The van der Waals surface area contributed by atoms with Crippen molar-refractivity contribution in [1.82, 2.24) is 16.2 Å². The van der Waals surface area contributed by atoms with Crippen LogP contribution in [-0.2, 0) is 14.3 Å². The van der Waals surface area contributed by atoms with Crippen molar-refractivity contribution in [2.45, 2.75) is 6.92 Å². The van der Waals surface area contributed by atoms with Crippen molar-refractivity contribution in [2.75, 3.05) is 20.3 Å². The Morgan fingerprint density at radius 2 is 1.59 bits per heavy atom. The fraction of sp³-hybridized carbons (Fsp3) is 0.190. The van der Waals surface area contributed by atoms with Crippen molar-refractivity contribution < 1.29 is 33.4 Å². The quantitative estimate of drug-likeness (QED) is 0.319. The molecule has 0 aliphatic rings. The third kappa shape index (κ3) is 7.36. The number of hydrogen-bond donors (Lipinski definition) is 3. The number of hydrogen-bond acceptors (Lipinski definition) is 8. The molecule has 0 radical (unpaired) electrons. The Hall–Kier alpha value is -3.99. The predicted octanol–water partition coefficient (Wildman–Crippen LogP) is 1.36. The molecular weight excluding hydrogens is 438 g/mol. The molecule has 0 spiro atoms. The summed E-state index contributed by atoms with van der Waals surface area (Å²) in [5.41, 5.74) is 5.40. The van der Waals surface area contributed by atoms with Gasteiger partial charge in [-0.15, -0.1) is 0 Å². The number of ether oxygens (including phenoxy) is 3. The number of methoxy groups -OCH3 is 1. The molecule has 0 aromatic heterocycles. The first-order valence-electron chi connectivity index (χ1n) is 9.32. The summed E-state index contributed by atoms with van der Waals surface area (Å²) < 4.78 is 14.8. The normalized spacial score (nSPS) is 9.81. The van der Waals surface area contributed by atoms with Crippen molar-refractivity contribution >= 4 is 41.1 Å². The van der Waals surface area contributed by atoms with Crippen molar-refractivity contribution in [3.8, 4) is 5.75 Å². The minimum absolute atomic E-state index is 0.161. The average molecular weight is 459 g/mol. The van der Waals surface area contributed by atoms with Gasteiger partial charge in [-0.25, -0.2) is 9.59 Å². The van der Waals surface area contributed by atoms with Gasteiger partial charge in [0, 0.05) is 5.56 Å². The van der Waals surface area contributed by atoms with E-state index in [2.05, 4.69) is 20.9 Å². The molecule has 0 aliphatic carbocycles. The highest BCUT2D eigenvalue weighted by Crippen LogP contribution is 2.13. The second-order valence-electron chi connectivity index (χ2n) is 6.06. The minimum Gasteiger partial charge on any atom is -0.484 e. The van der Waals surface area contributed by atoms with Crippen LogP contribution in [0, 0.1) is 0 Å². The zero-order valence-electron chi connectivity index (χ0n) is 17.3. The lowest BCUT2D eigenvalue weighted by Crippen LogP contribution is -2.49. The number of nitrogens with one attached hydrogen (secondary N) is 3. The van der Waals surface area contributed by atoms with Crippen LogP contribution in [0.4, 0.5) is 0 Å². The number of esters is 2. The van der Waals surface area contributed by atoms with E-state index in [1.807, 2.05) is 0 Å². The summed E-state index contributed by atoms with van der Waals surface area (Å²) in [5, 5.41) is 2.21. The smallest absolute Gasteiger partial charge is 0.338 e. The first kappa shape index (κ1) is 24.3. The van der Waals surface area contributed by atoms with Crippen LogP contribution in [0.25, 0.3) is 0 Å². The minimum atomic E-state index is -0.583. The lowest BCUT2D eigenvalue weighted by molar-refractivity contribution is -0.123. The second kappa shape index (κ2) is 12.0. The molecule has 0 unspecified atom stereocenters. The number of rotatable bonds is 7. The number of amides is 2. The highest BCUT2D eigenvalue weighted by Gasteiger charge is 2.12. The Bertz CT molecular complexity index is 1010. The molecule has 2 rings (SSSR count). The van der Waals surface area contributed by atoms with Crippen LogP contribution in [0.1, 0.15) is 38.0 Å². The summed E-state index contributed by atoms with van der Waals surface area (Å²) in [6.45, 7) is 1.64. The molecule has 3 N–H and O–H groups in total. The molecule has 2 amide bonds. The molecule has 32 heavy (non-hydrogen) atoms. The third-order valence-electron chi connectivity index (χ3n) is 3.82. The van der Waals surface area contributed by atoms with E-state index < -0.39 is 23.8 Å².